The average molecular weight is 271 g/mol. The first-order valence-corrected chi connectivity index (χ1v) is 7.30. The molecule has 0 aromatic rings. The van der Waals surface area contributed by atoms with Gasteiger partial charge in [-0.2, -0.15) is 0 Å². The summed E-state index contributed by atoms with van der Waals surface area (Å²) >= 11 is 0. The second kappa shape index (κ2) is 6.68. The molecule has 0 radical (unpaired) electrons. The van der Waals surface area contributed by atoms with Crippen LogP contribution in [0, 0.1) is 5.92 Å². The van der Waals surface area contributed by atoms with Crippen LogP contribution in [0.3, 0.4) is 0 Å². The number of hydrogen-bond donors (Lipinski definition) is 2. The Morgan fingerprint density at radius 2 is 2.11 bits per heavy atom. The van der Waals surface area contributed by atoms with Crippen LogP contribution in [0.1, 0.15) is 39.0 Å². The molecular formula is C14H25NO4. The van der Waals surface area contributed by atoms with E-state index in [1.54, 1.807) is 0 Å². The van der Waals surface area contributed by atoms with Crippen molar-refractivity contribution in [3.05, 3.63) is 0 Å². The zero-order valence-electron chi connectivity index (χ0n) is 11.7. The maximum atomic E-state index is 11.8. The molecule has 2 fully saturated rings. The average Bonchev–Trinajstić information content (AvgIpc) is 2.35. The van der Waals surface area contributed by atoms with Crippen LogP contribution < -0.4 is 5.32 Å². The molecule has 1 saturated heterocycles. The molecular weight excluding hydrogens is 246 g/mol. The number of aliphatic hydroxyl groups is 1. The van der Waals surface area contributed by atoms with E-state index < -0.39 is 5.60 Å². The molecule has 0 bridgehead atoms. The maximum Gasteiger partial charge on any atom is 0.220 e. The van der Waals surface area contributed by atoms with Crippen LogP contribution >= 0.6 is 0 Å². The van der Waals surface area contributed by atoms with Gasteiger partial charge in [0.2, 0.25) is 5.91 Å². The van der Waals surface area contributed by atoms with E-state index in [0.29, 0.717) is 51.0 Å². The molecule has 110 valence electrons. The lowest BCUT2D eigenvalue weighted by atomic mass is 9.80. The summed E-state index contributed by atoms with van der Waals surface area (Å²) in [6.45, 7) is 4.24. The molecule has 0 unspecified atom stereocenters. The van der Waals surface area contributed by atoms with E-state index in [0.717, 1.165) is 19.4 Å². The van der Waals surface area contributed by atoms with Crippen LogP contribution in [0.4, 0.5) is 0 Å². The Balaban J connectivity index is 1.60. The van der Waals surface area contributed by atoms with Crippen LogP contribution in [-0.2, 0) is 14.3 Å². The first-order valence-electron chi connectivity index (χ1n) is 7.30. The SMILES string of the molecule is CCOC1CC(CC(=O)NCC2(O)CCOCC2)C1. The molecule has 1 aliphatic heterocycles. The minimum atomic E-state index is -0.776. The second-order valence-corrected chi connectivity index (χ2v) is 5.73. The lowest BCUT2D eigenvalue weighted by Crippen LogP contribution is -2.47. The molecule has 5 nitrogen and oxygen atoms in total. The molecule has 1 heterocycles. The smallest absolute Gasteiger partial charge is 0.220 e. The number of amides is 1. The number of nitrogens with one attached hydrogen (secondary N) is 1. The van der Waals surface area contributed by atoms with Crippen LogP contribution in [-0.4, -0.2) is 49.1 Å². The van der Waals surface area contributed by atoms with Crippen LogP contribution in [0.5, 0.6) is 0 Å². The molecule has 5 heteroatoms. The molecule has 1 amide bonds. The lowest BCUT2D eigenvalue weighted by Gasteiger charge is -2.35. The van der Waals surface area contributed by atoms with Gasteiger partial charge in [-0.3, -0.25) is 4.79 Å². The fourth-order valence-corrected chi connectivity index (χ4v) is 2.74. The van der Waals surface area contributed by atoms with Crippen molar-refractivity contribution in [3.8, 4) is 0 Å². The van der Waals surface area contributed by atoms with Gasteiger partial charge in [0.25, 0.3) is 0 Å². The summed E-state index contributed by atoms with van der Waals surface area (Å²) in [5.74, 6) is 0.487. The largest absolute Gasteiger partial charge is 0.388 e. The summed E-state index contributed by atoms with van der Waals surface area (Å²) in [6.07, 6.45) is 4.07. The van der Waals surface area contributed by atoms with Gasteiger partial charge >= 0.3 is 0 Å². The number of carbonyl (C=O) groups excluding carboxylic acids is 1. The minimum Gasteiger partial charge on any atom is -0.388 e. The van der Waals surface area contributed by atoms with Gasteiger partial charge in [-0.1, -0.05) is 0 Å². The van der Waals surface area contributed by atoms with Crippen molar-refractivity contribution in [1.29, 1.82) is 0 Å². The van der Waals surface area contributed by atoms with Crippen LogP contribution in [0.2, 0.25) is 0 Å². The quantitative estimate of drug-likeness (QED) is 0.751. The molecule has 0 atom stereocenters. The normalized spacial score (nSPS) is 29.6. The summed E-state index contributed by atoms with van der Waals surface area (Å²) in [6, 6.07) is 0. The van der Waals surface area contributed by atoms with Gasteiger partial charge in [0.1, 0.15) is 0 Å². The number of ether oxygens (including phenoxy) is 2. The van der Waals surface area contributed by atoms with Gasteiger partial charge in [0, 0.05) is 45.6 Å². The maximum absolute atomic E-state index is 11.8. The van der Waals surface area contributed by atoms with E-state index in [4.69, 9.17) is 9.47 Å². The highest BCUT2D eigenvalue weighted by atomic mass is 16.5. The Hall–Kier alpha value is -0.650. The highest BCUT2D eigenvalue weighted by molar-refractivity contribution is 5.76. The van der Waals surface area contributed by atoms with Crippen molar-refractivity contribution in [2.24, 2.45) is 5.92 Å². The Morgan fingerprint density at radius 3 is 2.74 bits per heavy atom. The van der Waals surface area contributed by atoms with Crippen molar-refractivity contribution in [2.75, 3.05) is 26.4 Å². The monoisotopic (exact) mass is 271 g/mol. The van der Waals surface area contributed by atoms with Gasteiger partial charge in [0.05, 0.1) is 11.7 Å². The van der Waals surface area contributed by atoms with Gasteiger partial charge in [-0.25, -0.2) is 0 Å². The summed E-state index contributed by atoms with van der Waals surface area (Å²) in [7, 11) is 0. The topological polar surface area (TPSA) is 67.8 Å². The van der Waals surface area contributed by atoms with Crippen LogP contribution in [0.25, 0.3) is 0 Å². The van der Waals surface area contributed by atoms with E-state index in [-0.39, 0.29) is 5.91 Å². The van der Waals surface area contributed by atoms with Gasteiger partial charge in [0.15, 0.2) is 0 Å². The standard InChI is InChI=1S/C14H25NO4/c1-2-19-12-7-11(8-12)9-13(16)15-10-14(17)3-5-18-6-4-14/h11-12,17H,2-10H2,1H3,(H,15,16). The van der Waals surface area contributed by atoms with Gasteiger partial charge < -0.3 is 19.9 Å². The minimum absolute atomic E-state index is 0.0415. The van der Waals surface area contributed by atoms with E-state index in [1.165, 1.54) is 0 Å². The van der Waals surface area contributed by atoms with Crippen LogP contribution in [0.15, 0.2) is 0 Å². The first kappa shape index (κ1) is 14.8. The van der Waals surface area contributed by atoms with Crippen molar-refractivity contribution in [3.63, 3.8) is 0 Å². The summed E-state index contributed by atoms with van der Waals surface area (Å²) in [4.78, 5) is 11.8. The second-order valence-electron chi connectivity index (χ2n) is 5.73. The summed E-state index contributed by atoms with van der Waals surface area (Å²) in [5.41, 5.74) is -0.776. The molecule has 2 aliphatic rings. The highest BCUT2D eigenvalue weighted by Gasteiger charge is 2.33. The third-order valence-electron chi connectivity index (χ3n) is 4.11. The molecule has 19 heavy (non-hydrogen) atoms. The van der Waals surface area contributed by atoms with Crippen molar-refractivity contribution in [2.45, 2.75) is 50.7 Å². The highest BCUT2D eigenvalue weighted by Crippen LogP contribution is 2.32. The zero-order valence-corrected chi connectivity index (χ0v) is 11.7. The Bertz CT molecular complexity index is 296. The Labute approximate surface area is 114 Å². The lowest BCUT2D eigenvalue weighted by molar-refractivity contribution is -0.127. The van der Waals surface area contributed by atoms with Crippen molar-refractivity contribution >= 4 is 5.91 Å². The van der Waals surface area contributed by atoms with Crippen molar-refractivity contribution < 1.29 is 19.4 Å². The van der Waals surface area contributed by atoms with E-state index in [2.05, 4.69) is 5.32 Å². The molecule has 0 spiro atoms. The van der Waals surface area contributed by atoms with E-state index in [9.17, 15) is 9.90 Å². The van der Waals surface area contributed by atoms with E-state index in [1.807, 2.05) is 6.92 Å². The fourth-order valence-electron chi connectivity index (χ4n) is 2.74. The molecule has 0 aromatic heterocycles. The number of rotatable bonds is 6. The summed E-state index contributed by atoms with van der Waals surface area (Å²) in [5, 5.41) is 13.1. The Kier molecular flexibility index (Phi) is 5.19. The molecule has 2 rings (SSSR count). The predicted molar refractivity (Wildman–Crippen MR) is 70.8 cm³/mol. The molecule has 1 saturated carbocycles. The molecule has 1 aliphatic carbocycles. The number of hydrogen-bond acceptors (Lipinski definition) is 4. The fraction of sp³-hybridized carbons (Fsp3) is 0.929. The predicted octanol–water partition coefficient (Wildman–Crippen LogP) is 0.849. The number of carbonyl (C=O) groups is 1. The first-order chi connectivity index (χ1) is 9.11. The molecule has 2 N–H and O–H groups in total. The van der Waals surface area contributed by atoms with Gasteiger partial charge in [-0.15, -0.1) is 0 Å². The third kappa shape index (κ3) is 4.44. The van der Waals surface area contributed by atoms with E-state index >= 15 is 0 Å². The summed E-state index contributed by atoms with van der Waals surface area (Å²) < 4.78 is 10.7. The third-order valence-corrected chi connectivity index (χ3v) is 4.11. The zero-order chi connectivity index (χ0) is 13.7. The van der Waals surface area contributed by atoms with Gasteiger partial charge in [-0.05, 0) is 25.7 Å². The Morgan fingerprint density at radius 1 is 1.42 bits per heavy atom. The van der Waals surface area contributed by atoms with Crippen molar-refractivity contribution in [1.82, 2.24) is 5.32 Å². The molecule has 0 aromatic carbocycles.